The van der Waals surface area contributed by atoms with Gasteiger partial charge in [0.25, 0.3) is 0 Å². The molecule has 0 bridgehead atoms. The summed E-state index contributed by atoms with van der Waals surface area (Å²) in [5, 5.41) is 12.5. The number of rotatable bonds is 4. The maximum Gasteiger partial charge on any atom is 0.244 e. The second-order valence-corrected chi connectivity index (χ2v) is 9.54. The molecule has 1 saturated carbocycles. The predicted molar refractivity (Wildman–Crippen MR) is 98.3 cm³/mol. The van der Waals surface area contributed by atoms with Gasteiger partial charge >= 0.3 is 0 Å². The van der Waals surface area contributed by atoms with E-state index in [2.05, 4.69) is 11.4 Å². The van der Waals surface area contributed by atoms with Crippen molar-refractivity contribution in [1.82, 2.24) is 9.62 Å². The number of carbonyl (C=O) groups is 1. The van der Waals surface area contributed by atoms with Gasteiger partial charge in [-0.3, -0.25) is 4.79 Å². The van der Waals surface area contributed by atoms with Gasteiger partial charge < -0.3 is 5.32 Å². The fraction of sp³-hybridized carbons (Fsp3) is 0.529. The molecule has 2 aliphatic rings. The number of halogens is 2. The third-order valence-electron chi connectivity index (χ3n) is 5.12. The summed E-state index contributed by atoms with van der Waals surface area (Å²) in [5.74, 6) is -0.453. The number of piperidine rings is 1. The van der Waals surface area contributed by atoms with Gasteiger partial charge in [-0.05, 0) is 50.3 Å². The van der Waals surface area contributed by atoms with E-state index in [1.165, 1.54) is 22.5 Å². The third kappa shape index (κ3) is 3.70. The average Bonchev–Trinajstić information content (AvgIpc) is 2.60. The summed E-state index contributed by atoms with van der Waals surface area (Å²) in [6.07, 6.45) is 3.10. The molecule has 6 nitrogen and oxygen atoms in total. The summed E-state index contributed by atoms with van der Waals surface area (Å²) in [5.41, 5.74) is -0.728. The maximum absolute atomic E-state index is 12.8. The summed E-state index contributed by atoms with van der Waals surface area (Å²) in [7, 11) is -3.76. The van der Waals surface area contributed by atoms with Crippen LogP contribution in [0.4, 0.5) is 0 Å². The standard InChI is InChI=1S/C17H19Cl2N3O3S/c18-13-2-3-14(19)15(10-13)26(24,25)22-8-4-12(5-9-22)16(23)21-17(11-20)6-1-7-17/h2-3,10,12H,1,4-9H2,(H,21,23). The van der Waals surface area contributed by atoms with Crippen LogP contribution in [0.25, 0.3) is 0 Å². The second-order valence-electron chi connectivity index (χ2n) is 6.79. The van der Waals surface area contributed by atoms with Gasteiger partial charge in [-0.1, -0.05) is 23.2 Å². The van der Waals surface area contributed by atoms with Crippen LogP contribution in [0.5, 0.6) is 0 Å². The molecule has 1 amide bonds. The Kier molecular flexibility index (Phi) is 5.50. The first-order valence-corrected chi connectivity index (χ1v) is 10.7. The van der Waals surface area contributed by atoms with Crippen LogP contribution in [0.2, 0.25) is 10.0 Å². The zero-order valence-corrected chi connectivity index (χ0v) is 16.4. The zero-order chi connectivity index (χ0) is 18.9. The van der Waals surface area contributed by atoms with Crippen LogP contribution < -0.4 is 5.32 Å². The van der Waals surface area contributed by atoms with Crippen LogP contribution >= 0.6 is 23.2 Å². The molecule has 140 valence electrons. The van der Waals surface area contributed by atoms with E-state index >= 15 is 0 Å². The number of benzene rings is 1. The van der Waals surface area contributed by atoms with Gasteiger partial charge in [0.15, 0.2) is 0 Å². The van der Waals surface area contributed by atoms with Crippen molar-refractivity contribution in [3.63, 3.8) is 0 Å². The summed E-state index contributed by atoms with van der Waals surface area (Å²) in [6, 6.07) is 6.51. The molecule has 0 aromatic heterocycles. The largest absolute Gasteiger partial charge is 0.338 e. The second kappa shape index (κ2) is 7.35. The number of hydrogen-bond donors (Lipinski definition) is 1. The Labute approximate surface area is 163 Å². The maximum atomic E-state index is 12.8. The van der Waals surface area contributed by atoms with Gasteiger partial charge in [0.1, 0.15) is 10.4 Å². The SMILES string of the molecule is N#CC1(NC(=O)C2CCN(S(=O)(=O)c3cc(Cl)ccc3Cl)CC2)CCC1. The molecule has 3 rings (SSSR count). The van der Waals surface area contributed by atoms with E-state index in [4.69, 9.17) is 23.2 Å². The molecule has 1 aromatic rings. The van der Waals surface area contributed by atoms with Crippen molar-refractivity contribution < 1.29 is 13.2 Å². The molecule has 1 aliphatic carbocycles. The van der Waals surface area contributed by atoms with Crippen LogP contribution in [-0.4, -0.2) is 37.3 Å². The van der Waals surface area contributed by atoms with Crippen molar-refractivity contribution in [3.8, 4) is 6.07 Å². The highest BCUT2D eigenvalue weighted by Gasteiger charge is 2.41. The predicted octanol–water partition coefficient (Wildman–Crippen LogP) is 2.96. The van der Waals surface area contributed by atoms with E-state index in [1.54, 1.807) is 0 Å². The van der Waals surface area contributed by atoms with Crippen molar-refractivity contribution in [3.05, 3.63) is 28.2 Å². The molecule has 1 aliphatic heterocycles. The quantitative estimate of drug-likeness (QED) is 0.817. The summed E-state index contributed by atoms with van der Waals surface area (Å²) in [4.78, 5) is 12.4. The first-order valence-electron chi connectivity index (χ1n) is 8.46. The first-order chi connectivity index (χ1) is 12.3. The van der Waals surface area contributed by atoms with Gasteiger partial charge in [0, 0.05) is 24.0 Å². The Balaban J connectivity index is 1.65. The molecular weight excluding hydrogens is 397 g/mol. The smallest absolute Gasteiger partial charge is 0.244 e. The Bertz CT molecular complexity index is 854. The van der Waals surface area contributed by atoms with Gasteiger partial charge in [-0.15, -0.1) is 0 Å². The number of hydrogen-bond acceptors (Lipinski definition) is 4. The number of nitriles is 1. The highest BCUT2D eigenvalue weighted by molar-refractivity contribution is 7.89. The Morgan fingerprint density at radius 3 is 2.46 bits per heavy atom. The molecule has 9 heteroatoms. The molecule has 0 radical (unpaired) electrons. The minimum atomic E-state index is -3.76. The fourth-order valence-corrected chi connectivity index (χ4v) is 5.51. The minimum Gasteiger partial charge on any atom is -0.338 e. The summed E-state index contributed by atoms with van der Waals surface area (Å²) < 4.78 is 26.9. The Morgan fingerprint density at radius 2 is 1.92 bits per heavy atom. The molecule has 2 fully saturated rings. The lowest BCUT2D eigenvalue weighted by Gasteiger charge is -2.38. The van der Waals surface area contributed by atoms with Crippen molar-refractivity contribution >= 4 is 39.1 Å². The van der Waals surface area contributed by atoms with E-state index < -0.39 is 15.6 Å². The molecule has 1 aromatic carbocycles. The molecule has 1 heterocycles. The van der Waals surface area contributed by atoms with Gasteiger partial charge in [-0.25, -0.2) is 8.42 Å². The van der Waals surface area contributed by atoms with Crippen LogP contribution in [-0.2, 0) is 14.8 Å². The van der Waals surface area contributed by atoms with Gasteiger partial charge in [-0.2, -0.15) is 9.57 Å². The number of amides is 1. The van der Waals surface area contributed by atoms with Crippen molar-refractivity contribution in [2.45, 2.75) is 42.5 Å². The Hall–Kier alpha value is -1.33. The lowest BCUT2D eigenvalue weighted by atomic mass is 9.77. The number of carbonyl (C=O) groups excluding carboxylic acids is 1. The first kappa shape index (κ1) is 19.4. The van der Waals surface area contributed by atoms with Crippen LogP contribution in [0, 0.1) is 17.2 Å². The Morgan fingerprint density at radius 1 is 1.27 bits per heavy atom. The number of sulfonamides is 1. The molecule has 0 spiro atoms. The number of nitrogens with one attached hydrogen (secondary N) is 1. The van der Waals surface area contributed by atoms with E-state index in [9.17, 15) is 18.5 Å². The molecule has 0 atom stereocenters. The van der Waals surface area contributed by atoms with Gasteiger partial charge in [0.2, 0.25) is 15.9 Å². The summed E-state index contributed by atoms with van der Waals surface area (Å²) in [6.45, 7) is 0.450. The molecule has 1 N–H and O–H groups in total. The van der Waals surface area contributed by atoms with E-state index in [-0.39, 0.29) is 34.8 Å². The van der Waals surface area contributed by atoms with Crippen molar-refractivity contribution in [2.24, 2.45) is 5.92 Å². The van der Waals surface area contributed by atoms with Crippen LogP contribution in [0.1, 0.15) is 32.1 Å². The normalized spacial score (nSPS) is 20.8. The molecule has 1 saturated heterocycles. The van der Waals surface area contributed by atoms with E-state index in [0.717, 1.165) is 6.42 Å². The van der Waals surface area contributed by atoms with E-state index in [1.807, 2.05) is 0 Å². The van der Waals surface area contributed by atoms with Gasteiger partial charge in [0.05, 0.1) is 11.1 Å². The monoisotopic (exact) mass is 415 g/mol. The highest BCUT2D eigenvalue weighted by atomic mass is 35.5. The molecular formula is C17H19Cl2N3O3S. The van der Waals surface area contributed by atoms with Crippen molar-refractivity contribution in [1.29, 1.82) is 5.26 Å². The minimum absolute atomic E-state index is 0.0209. The van der Waals surface area contributed by atoms with Crippen LogP contribution in [0.3, 0.4) is 0 Å². The fourth-order valence-electron chi connectivity index (χ4n) is 3.31. The summed E-state index contributed by atoms with van der Waals surface area (Å²) >= 11 is 11.9. The zero-order valence-electron chi connectivity index (χ0n) is 14.0. The lowest BCUT2D eigenvalue weighted by molar-refractivity contribution is -0.128. The molecule has 0 unspecified atom stereocenters. The molecule has 26 heavy (non-hydrogen) atoms. The topological polar surface area (TPSA) is 90.3 Å². The highest BCUT2D eigenvalue weighted by Crippen LogP contribution is 2.33. The average molecular weight is 416 g/mol. The van der Waals surface area contributed by atoms with Crippen LogP contribution in [0.15, 0.2) is 23.1 Å². The third-order valence-corrected chi connectivity index (χ3v) is 7.73. The van der Waals surface area contributed by atoms with E-state index in [0.29, 0.717) is 30.7 Å². The van der Waals surface area contributed by atoms with Crippen molar-refractivity contribution in [2.75, 3.05) is 13.1 Å². The number of nitrogens with zero attached hydrogens (tertiary/aromatic N) is 2. The lowest BCUT2D eigenvalue weighted by Crippen LogP contribution is -2.55.